The van der Waals surface area contributed by atoms with E-state index in [-0.39, 0.29) is 0 Å². The summed E-state index contributed by atoms with van der Waals surface area (Å²) >= 11 is 0. The van der Waals surface area contributed by atoms with Crippen LogP contribution in [0.2, 0.25) is 0 Å². The van der Waals surface area contributed by atoms with E-state index in [1.807, 2.05) is 36.4 Å². The van der Waals surface area contributed by atoms with Gasteiger partial charge in [0.2, 0.25) is 0 Å². The number of aliphatic hydroxyl groups excluding tert-OH is 2. The Morgan fingerprint density at radius 3 is 2.75 bits per heavy atom. The van der Waals surface area contributed by atoms with Crippen molar-refractivity contribution in [1.29, 1.82) is 0 Å². The van der Waals surface area contributed by atoms with E-state index in [2.05, 4.69) is 17.1 Å². The number of carbonyl (C=O) groups excluding carboxylic acids is 1. The maximum Gasteiger partial charge on any atom is 0.254 e. The first-order chi connectivity index (χ1) is 15.6. The van der Waals surface area contributed by atoms with Crippen molar-refractivity contribution < 1.29 is 19.7 Å². The SMILES string of the molecule is COc1ccc(Cc2nc3c(c4c2[nH]c2ccccc24)CCN(C(=O)C(O)CO)C3)cc1. The summed E-state index contributed by atoms with van der Waals surface area (Å²) in [6, 6.07) is 16.1. The number of aromatic amines is 1. The van der Waals surface area contributed by atoms with Crippen molar-refractivity contribution in [3.05, 3.63) is 71.0 Å². The summed E-state index contributed by atoms with van der Waals surface area (Å²) in [6.07, 6.45) is -0.117. The molecule has 1 atom stereocenters. The molecule has 7 heteroatoms. The summed E-state index contributed by atoms with van der Waals surface area (Å²) in [5, 5.41) is 21.3. The fraction of sp³-hybridized carbons (Fsp3) is 0.280. The van der Waals surface area contributed by atoms with Crippen LogP contribution in [0.5, 0.6) is 5.75 Å². The number of carbonyl (C=O) groups is 1. The molecule has 7 nitrogen and oxygen atoms in total. The second-order valence-corrected chi connectivity index (χ2v) is 8.14. The Labute approximate surface area is 185 Å². The van der Waals surface area contributed by atoms with Gasteiger partial charge in [0.1, 0.15) is 5.75 Å². The number of H-pyrrole nitrogens is 1. The molecule has 0 saturated carbocycles. The number of amides is 1. The normalized spacial score (nSPS) is 14.5. The smallest absolute Gasteiger partial charge is 0.254 e. The molecule has 3 heterocycles. The summed E-state index contributed by atoms with van der Waals surface area (Å²) in [4.78, 5) is 22.6. The molecule has 0 bridgehead atoms. The van der Waals surface area contributed by atoms with Gasteiger partial charge < -0.3 is 24.8 Å². The minimum Gasteiger partial charge on any atom is -0.497 e. The van der Waals surface area contributed by atoms with E-state index in [4.69, 9.17) is 9.72 Å². The van der Waals surface area contributed by atoms with Crippen molar-refractivity contribution in [3.63, 3.8) is 0 Å². The van der Waals surface area contributed by atoms with Crippen LogP contribution in [0.15, 0.2) is 48.5 Å². The van der Waals surface area contributed by atoms with Crippen molar-refractivity contribution in [2.45, 2.75) is 25.5 Å². The summed E-state index contributed by atoms with van der Waals surface area (Å²) in [6.45, 7) is 0.215. The van der Waals surface area contributed by atoms with Crippen LogP contribution < -0.4 is 4.74 Å². The molecular formula is C25H25N3O4. The van der Waals surface area contributed by atoms with Gasteiger partial charge in [0.05, 0.1) is 37.2 Å². The fourth-order valence-corrected chi connectivity index (χ4v) is 4.55. The molecule has 1 aliphatic heterocycles. The van der Waals surface area contributed by atoms with Crippen LogP contribution in [-0.2, 0) is 24.2 Å². The highest BCUT2D eigenvalue weighted by Gasteiger charge is 2.29. The van der Waals surface area contributed by atoms with E-state index >= 15 is 0 Å². The van der Waals surface area contributed by atoms with Crippen molar-refractivity contribution in [2.75, 3.05) is 20.3 Å². The molecule has 0 saturated heterocycles. The highest BCUT2D eigenvalue weighted by Crippen LogP contribution is 2.35. The number of para-hydroxylation sites is 1. The lowest BCUT2D eigenvalue weighted by Gasteiger charge is -2.30. The van der Waals surface area contributed by atoms with E-state index in [1.54, 1.807) is 12.0 Å². The van der Waals surface area contributed by atoms with Crippen molar-refractivity contribution >= 4 is 27.7 Å². The van der Waals surface area contributed by atoms with Crippen LogP contribution >= 0.6 is 0 Å². The predicted octanol–water partition coefficient (Wildman–Crippen LogP) is 2.55. The minimum absolute atomic E-state index is 0.316. The minimum atomic E-state index is -1.40. The van der Waals surface area contributed by atoms with Gasteiger partial charge in [0, 0.05) is 29.3 Å². The lowest BCUT2D eigenvalue weighted by Crippen LogP contribution is -2.43. The van der Waals surface area contributed by atoms with Crippen LogP contribution in [0.1, 0.15) is 22.5 Å². The van der Waals surface area contributed by atoms with Gasteiger partial charge in [-0.15, -0.1) is 0 Å². The number of aliphatic hydroxyl groups is 2. The molecule has 1 unspecified atom stereocenters. The molecule has 4 aromatic rings. The summed E-state index contributed by atoms with van der Waals surface area (Å²) in [5.74, 6) is 0.343. The summed E-state index contributed by atoms with van der Waals surface area (Å²) < 4.78 is 5.27. The maximum absolute atomic E-state index is 12.5. The van der Waals surface area contributed by atoms with E-state index < -0.39 is 18.6 Å². The fourth-order valence-electron chi connectivity index (χ4n) is 4.55. The topological polar surface area (TPSA) is 98.7 Å². The summed E-state index contributed by atoms with van der Waals surface area (Å²) in [5.41, 5.74) is 6.09. The van der Waals surface area contributed by atoms with Crippen LogP contribution in [0.3, 0.4) is 0 Å². The number of hydrogen-bond donors (Lipinski definition) is 3. The number of rotatable bonds is 5. The van der Waals surface area contributed by atoms with E-state index in [0.717, 1.165) is 50.1 Å². The molecule has 5 rings (SSSR count). The Morgan fingerprint density at radius 2 is 2.00 bits per heavy atom. The number of ether oxygens (including phenoxy) is 1. The second kappa shape index (κ2) is 8.26. The van der Waals surface area contributed by atoms with Gasteiger partial charge in [-0.3, -0.25) is 9.78 Å². The van der Waals surface area contributed by atoms with Crippen molar-refractivity contribution in [2.24, 2.45) is 0 Å². The van der Waals surface area contributed by atoms with Gasteiger partial charge in [0.15, 0.2) is 6.10 Å². The molecule has 0 radical (unpaired) electrons. The average Bonchev–Trinajstić information content (AvgIpc) is 3.23. The van der Waals surface area contributed by atoms with Gasteiger partial charge in [-0.25, -0.2) is 0 Å². The van der Waals surface area contributed by atoms with Crippen LogP contribution in [-0.4, -0.2) is 57.4 Å². The van der Waals surface area contributed by atoms with Gasteiger partial charge in [-0.1, -0.05) is 30.3 Å². The van der Waals surface area contributed by atoms with E-state index in [0.29, 0.717) is 25.9 Å². The first kappa shape index (κ1) is 20.5. The Morgan fingerprint density at radius 1 is 1.22 bits per heavy atom. The molecule has 0 fully saturated rings. The van der Waals surface area contributed by atoms with Crippen LogP contribution in [0.4, 0.5) is 0 Å². The van der Waals surface area contributed by atoms with Gasteiger partial charge in [-0.2, -0.15) is 0 Å². The third-order valence-electron chi connectivity index (χ3n) is 6.19. The maximum atomic E-state index is 12.5. The number of aromatic nitrogens is 2. The third kappa shape index (κ3) is 3.49. The lowest BCUT2D eigenvalue weighted by molar-refractivity contribution is -0.143. The van der Waals surface area contributed by atoms with Gasteiger partial charge in [-0.05, 0) is 35.7 Å². The van der Waals surface area contributed by atoms with Crippen LogP contribution in [0, 0.1) is 0 Å². The Hall–Kier alpha value is -3.42. The monoisotopic (exact) mass is 431 g/mol. The molecule has 1 amide bonds. The highest BCUT2D eigenvalue weighted by atomic mass is 16.5. The second-order valence-electron chi connectivity index (χ2n) is 8.14. The Kier molecular flexibility index (Phi) is 5.28. The van der Waals surface area contributed by atoms with E-state index in [9.17, 15) is 15.0 Å². The zero-order valence-corrected chi connectivity index (χ0v) is 17.8. The predicted molar refractivity (Wildman–Crippen MR) is 122 cm³/mol. The molecule has 2 aromatic carbocycles. The molecular weight excluding hydrogens is 406 g/mol. The molecule has 2 aromatic heterocycles. The number of benzene rings is 2. The molecule has 164 valence electrons. The third-order valence-corrected chi connectivity index (χ3v) is 6.19. The van der Waals surface area contributed by atoms with E-state index in [1.165, 1.54) is 0 Å². The number of nitrogens with one attached hydrogen (secondary N) is 1. The number of nitrogens with zero attached hydrogens (tertiary/aromatic N) is 2. The number of pyridine rings is 1. The molecule has 0 aliphatic carbocycles. The first-order valence-corrected chi connectivity index (χ1v) is 10.7. The number of methoxy groups -OCH3 is 1. The standard InChI is InChI=1S/C25H25N3O4/c1-32-16-8-6-15(7-9-16)12-20-24-23(17-4-2-3-5-19(17)27-24)18-10-11-28(13-21(18)26-20)25(31)22(30)14-29/h2-9,22,27,29-30H,10-14H2,1H3. The molecule has 32 heavy (non-hydrogen) atoms. The highest BCUT2D eigenvalue weighted by molar-refractivity contribution is 6.10. The van der Waals surface area contributed by atoms with Gasteiger partial charge in [0.25, 0.3) is 5.91 Å². The largest absolute Gasteiger partial charge is 0.497 e. The lowest BCUT2D eigenvalue weighted by atomic mass is 9.96. The molecule has 3 N–H and O–H groups in total. The first-order valence-electron chi connectivity index (χ1n) is 10.7. The Bertz CT molecular complexity index is 1300. The number of hydrogen-bond acceptors (Lipinski definition) is 5. The molecule has 0 spiro atoms. The quantitative estimate of drug-likeness (QED) is 0.451. The van der Waals surface area contributed by atoms with Crippen molar-refractivity contribution in [3.8, 4) is 5.75 Å². The summed E-state index contributed by atoms with van der Waals surface area (Å²) in [7, 11) is 1.65. The Balaban J connectivity index is 1.62. The molecule has 1 aliphatic rings. The van der Waals surface area contributed by atoms with Crippen molar-refractivity contribution in [1.82, 2.24) is 14.9 Å². The van der Waals surface area contributed by atoms with Gasteiger partial charge >= 0.3 is 0 Å². The zero-order valence-electron chi connectivity index (χ0n) is 17.8. The van der Waals surface area contributed by atoms with Crippen LogP contribution in [0.25, 0.3) is 21.8 Å². The number of fused-ring (bicyclic) bond motifs is 5. The zero-order chi connectivity index (χ0) is 22.2. The average molecular weight is 431 g/mol.